The van der Waals surface area contributed by atoms with Gasteiger partial charge in [0.25, 0.3) is 0 Å². The molecule has 0 fully saturated rings. The Labute approximate surface area is 87.2 Å². The van der Waals surface area contributed by atoms with Crippen LogP contribution in [0.15, 0.2) is 30.8 Å². The van der Waals surface area contributed by atoms with E-state index in [1.54, 1.807) is 24.3 Å². The van der Waals surface area contributed by atoms with Crippen LogP contribution in [-0.2, 0) is 0 Å². The molecule has 0 aliphatic carbocycles. The summed E-state index contributed by atoms with van der Waals surface area (Å²) in [5.74, 6) is 0. The van der Waals surface area contributed by atoms with E-state index in [1.165, 1.54) is 0 Å². The molecule has 0 spiro atoms. The van der Waals surface area contributed by atoms with Crippen LogP contribution in [0.5, 0.6) is 0 Å². The molecule has 0 saturated heterocycles. The van der Waals surface area contributed by atoms with Gasteiger partial charge in [0.15, 0.2) is 0 Å². The second kappa shape index (κ2) is 4.67. The summed E-state index contributed by atoms with van der Waals surface area (Å²) in [7, 11) is 0. The lowest BCUT2D eigenvalue weighted by molar-refractivity contribution is 0.247. The second-order valence-electron chi connectivity index (χ2n) is 2.78. The fourth-order valence-electron chi connectivity index (χ4n) is 0.955. The molecule has 0 radical (unpaired) electrons. The zero-order chi connectivity index (χ0) is 11.3. The summed E-state index contributed by atoms with van der Waals surface area (Å²) >= 11 is 0. The number of hydrogen-bond acceptors (Lipinski definition) is 3. The third-order valence-electron chi connectivity index (χ3n) is 1.70. The van der Waals surface area contributed by atoms with E-state index in [-0.39, 0.29) is 0 Å². The van der Waals surface area contributed by atoms with Crippen molar-refractivity contribution >= 4 is 11.7 Å². The van der Waals surface area contributed by atoms with Crippen molar-refractivity contribution < 1.29 is 4.79 Å². The highest BCUT2D eigenvalue weighted by molar-refractivity contribution is 5.73. The van der Waals surface area contributed by atoms with Crippen molar-refractivity contribution in [1.82, 2.24) is 10.9 Å². The number of hydrazine groups is 1. The molecule has 0 aliphatic rings. The van der Waals surface area contributed by atoms with Gasteiger partial charge < -0.3 is 5.73 Å². The molecule has 0 bridgehead atoms. The summed E-state index contributed by atoms with van der Waals surface area (Å²) in [6.07, 6.45) is 0. The smallest absolute Gasteiger partial charge is 0.330 e. The largest absolute Gasteiger partial charge is 0.350 e. The Hall–Kier alpha value is -2.48. The molecular formula is C10H10N4O. The first-order valence-corrected chi connectivity index (χ1v) is 4.14. The number of carbonyl (C=O) groups excluding carboxylic acids is 1. The van der Waals surface area contributed by atoms with Crippen LogP contribution in [0.25, 0.3) is 5.70 Å². The number of carbonyl (C=O) groups is 1. The lowest BCUT2D eigenvalue weighted by atomic mass is 10.1. The zero-order valence-corrected chi connectivity index (χ0v) is 7.95. The maximum absolute atomic E-state index is 10.4. The Bertz CT molecular complexity index is 416. The summed E-state index contributed by atoms with van der Waals surface area (Å²) in [5.41, 5.74) is 11.4. The first kappa shape index (κ1) is 10.6. The minimum Gasteiger partial charge on any atom is -0.350 e. The number of nitrogens with one attached hydrogen (secondary N) is 2. The van der Waals surface area contributed by atoms with E-state index >= 15 is 0 Å². The van der Waals surface area contributed by atoms with Crippen molar-refractivity contribution in [2.75, 3.05) is 0 Å². The highest BCUT2D eigenvalue weighted by atomic mass is 16.2. The number of primary amides is 1. The summed E-state index contributed by atoms with van der Waals surface area (Å²) in [6.45, 7) is 3.69. The SMILES string of the molecule is C=C(NNC(N)=O)c1ccc(C#N)cc1. The Morgan fingerprint density at radius 1 is 1.33 bits per heavy atom. The number of urea groups is 1. The van der Waals surface area contributed by atoms with Gasteiger partial charge in [-0.05, 0) is 17.7 Å². The van der Waals surface area contributed by atoms with Crippen molar-refractivity contribution in [1.29, 1.82) is 5.26 Å². The third-order valence-corrected chi connectivity index (χ3v) is 1.70. The lowest BCUT2D eigenvalue weighted by Gasteiger charge is -2.08. The number of nitrogens with zero attached hydrogens (tertiary/aromatic N) is 1. The molecule has 76 valence electrons. The fourth-order valence-corrected chi connectivity index (χ4v) is 0.955. The Kier molecular flexibility index (Phi) is 3.30. The van der Waals surface area contributed by atoms with Crippen LogP contribution in [0, 0.1) is 11.3 Å². The molecule has 1 aromatic rings. The lowest BCUT2D eigenvalue weighted by Crippen LogP contribution is -2.39. The van der Waals surface area contributed by atoms with Crippen LogP contribution in [0.2, 0.25) is 0 Å². The summed E-state index contributed by atoms with van der Waals surface area (Å²) in [5, 5.41) is 8.58. The molecule has 5 heteroatoms. The van der Waals surface area contributed by atoms with Gasteiger partial charge in [-0.25, -0.2) is 4.79 Å². The predicted molar refractivity (Wildman–Crippen MR) is 56.0 cm³/mol. The number of nitriles is 1. The molecule has 0 aromatic heterocycles. The van der Waals surface area contributed by atoms with Crippen LogP contribution in [-0.4, -0.2) is 6.03 Å². The van der Waals surface area contributed by atoms with E-state index in [0.29, 0.717) is 11.3 Å². The number of benzene rings is 1. The zero-order valence-electron chi connectivity index (χ0n) is 7.95. The van der Waals surface area contributed by atoms with E-state index in [0.717, 1.165) is 5.56 Å². The van der Waals surface area contributed by atoms with E-state index in [1.807, 2.05) is 6.07 Å². The van der Waals surface area contributed by atoms with Crippen molar-refractivity contribution in [3.05, 3.63) is 42.0 Å². The number of nitrogens with two attached hydrogens (primary N) is 1. The molecule has 0 saturated carbocycles. The summed E-state index contributed by atoms with van der Waals surface area (Å²) < 4.78 is 0. The highest BCUT2D eigenvalue weighted by Crippen LogP contribution is 2.09. The van der Waals surface area contributed by atoms with E-state index < -0.39 is 6.03 Å². The van der Waals surface area contributed by atoms with Crippen molar-refractivity contribution in [2.24, 2.45) is 5.73 Å². The molecule has 0 heterocycles. The van der Waals surface area contributed by atoms with Gasteiger partial charge in [0, 0.05) is 0 Å². The monoisotopic (exact) mass is 202 g/mol. The van der Waals surface area contributed by atoms with Crippen molar-refractivity contribution in [3.8, 4) is 6.07 Å². The van der Waals surface area contributed by atoms with Gasteiger partial charge in [0.2, 0.25) is 0 Å². The molecule has 1 aromatic carbocycles. The third kappa shape index (κ3) is 3.04. The van der Waals surface area contributed by atoms with Gasteiger partial charge in [-0.2, -0.15) is 5.26 Å². The maximum atomic E-state index is 10.4. The molecule has 4 N–H and O–H groups in total. The van der Waals surface area contributed by atoms with Crippen LogP contribution in [0.3, 0.4) is 0 Å². The fraction of sp³-hybridized carbons (Fsp3) is 0. The highest BCUT2D eigenvalue weighted by Gasteiger charge is 1.99. The average Bonchev–Trinajstić information content (AvgIpc) is 2.26. The molecule has 5 nitrogen and oxygen atoms in total. The molecule has 2 amide bonds. The van der Waals surface area contributed by atoms with E-state index in [4.69, 9.17) is 11.0 Å². The average molecular weight is 202 g/mol. The minimum atomic E-state index is -0.690. The number of hydrogen-bond donors (Lipinski definition) is 3. The van der Waals surface area contributed by atoms with Gasteiger partial charge in [0.1, 0.15) is 0 Å². The molecule has 1 rings (SSSR count). The van der Waals surface area contributed by atoms with Crippen LogP contribution in [0.1, 0.15) is 11.1 Å². The van der Waals surface area contributed by atoms with Crippen LogP contribution in [0.4, 0.5) is 4.79 Å². The van der Waals surface area contributed by atoms with Crippen molar-refractivity contribution in [2.45, 2.75) is 0 Å². The molecule has 0 unspecified atom stereocenters. The Morgan fingerprint density at radius 2 is 1.93 bits per heavy atom. The van der Waals surface area contributed by atoms with Gasteiger partial charge in [0.05, 0.1) is 17.3 Å². The van der Waals surface area contributed by atoms with Crippen LogP contribution < -0.4 is 16.6 Å². The number of amides is 2. The van der Waals surface area contributed by atoms with E-state index in [2.05, 4.69) is 17.4 Å². The molecule has 0 aliphatic heterocycles. The molecule has 0 atom stereocenters. The second-order valence-corrected chi connectivity index (χ2v) is 2.78. The summed E-state index contributed by atoms with van der Waals surface area (Å²) in [4.78, 5) is 10.4. The van der Waals surface area contributed by atoms with Crippen molar-refractivity contribution in [3.63, 3.8) is 0 Å². The maximum Gasteiger partial charge on any atom is 0.330 e. The molecule has 15 heavy (non-hydrogen) atoms. The van der Waals surface area contributed by atoms with Gasteiger partial charge >= 0.3 is 6.03 Å². The first-order valence-electron chi connectivity index (χ1n) is 4.14. The summed E-state index contributed by atoms with van der Waals surface area (Å²) in [6, 6.07) is 8.07. The molecular weight excluding hydrogens is 192 g/mol. The first-order chi connectivity index (χ1) is 7.13. The van der Waals surface area contributed by atoms with Gasteiger partial charge in [-0.1, -0.05) is 18.7 Å². The van der Waals surface area contributed by atoms with Crippen LogP contribution >= 0.6 is 0 Å². The normalized spacial score (nSPS) is 8.73. The van der Waals surface area contributed by atoms with Gasteiger partial charge in [-0.15, -0.1) is 0 Å². The van der Waals surface area contributed by atoms with E-state index in [9.17, 15) is 4.79 Å². The van der Waals surface area contributed by atoms with Gasteiger partial charge in [-0.3, -0.25) is 10.9 Å². The Balaban J connectivity index is 2.67. The minimum absolute atomic E-state index is 0.498. The predicted octanol–water partition coefficient (Wildman–Crippen LogP) is 0.702. The quantitative estimate of drug-likeness (QED) is 0.630. The standard InChI is InChI=1S/C10H10N4O/c1-7(13-14-10(12)15)9-4-2-8(6-11)3-5-9/h2-5,13H,1H2,(H3,12,14,15). The Morgan fingerprint density at radius 3 is 2.40 bits per heavy atom. The number of rotatable bonds is 3. The topological polar surface area (TPSA) is 90.9 Å².